The SMILES string of the molecule is CCOC1CC(NC(C)c2ccc(O)cc2O)C1(C)C. The molecule has 1 saturated carbocycles. The zero-order valence-corrected chi connectivity index (χ0v) is 12.7. The van der Waals surface area contributed by atoms with Crippen molar-refractivity contribution in [2.24, 2.45) is 5.41 Å². The highest BCUT2D eigenvalue weighted by molar-refractivity contribution is 5.40. The monoisotopic (exact) mass is 279 g/mol. The fourth-order valence-corrected chi connectivity index (χ4v) is 2.94. The number of ether oxygens (including phenoxy) is 1. The number of aromatic hydroxyl groups is 2. The van der Waals surface area contributed by atoms with Gasteiger partial charge in [-0.2, -0.15) is 0 Å². The normalized spacial score (nSPS) is 26.0. The number of phenolic OH excluding ortho intramolecular Hbond substituents is 2. The molecule has 0 spiro atoms. The van der Waals surface area contributed by atoms with E-state index in [1.54, 1.807) is 12.1 Å². The Labute approximate surface area is 120 Å². The summed E-state index contributed by atoms with van der Waals surface area (Å²) < 4.78 is 5.73. The lowest BCUT2D eigenvalue weighted by molar-refractivity contribution is -0.116. The molecule has 0 saturated heterocycles. The Bertz CT molecular complexity index is 473. The van der Waals surface area contributed by atoms with Crippen molar-refractivity contribution in [1.29, 1.82) is 0 Å². The van der Waals surface area contributed by atoms with Gasteiger partial charge in [-0.15, -0.1) is 0 Å². The molecule has 0 heterocycles. The van der Waals surface area contributed by atoms with Crippen LogP contribution in [0.2, 0.25) is 0 Å². The van der Waals surface area contributed by atoms with E-state index in [4.69, 9.17) is 4.74 Å². The van der Waals surface area contributed by atoms with Crippen molar-refractivity contribution in [2.45, 2.75) is 52.3 Å². The van der Waals surface area contributed by atoms with Crippen LogP contribution in [0, 0.1) is 5.41 Å². The molecule has 0 bridgehead atoms. The van der Waals surface area contributed by atoms with E-state index in [0.717, 1.165) is 18.6 Å². The smallest absolute Gasteiger partial charge is 0.124 e. The molecule has 112 valence electrons. The van der Waals surface area contributed by atoms with Crippen LogP contribution in [-0.2, 0) is 4.74 Å². The molecule has 0 aromatic heterocycles. The Morgan fingerprint density at radius 3 is 2.65 bits per heavy atom. The third-order valence-electron chi connectivity index (χ3n) is 4.48. The maximum absolute atomic E-state index is 9.91. The Morgan fingerprint density at radius 1 is 1.40 bits per heavy atom. The van der Waals surface area contributed by atoms with Gasteiger partial charge in [0, 0.05) is 35.7 Å². The highest BCUT2D eigenvalue weighted by Gasteiger charge is 2.49. The molecule has 3 N–H and O–H groups in total. The first-order valence-corrected chi connectivity index (χ1v) is 7.25. The summed E-state index contributed by atoms with van der Waals surface area (Å²) in [7, 11) is 0. The van der Waals surface area contributed by atoms with Crippen LogP contribution in [0.25, 0.3) is 0 Å². The van der Waals surface area contributed by atoms with Gasteiger partial charge in [-0.05, 0) is 26.3 Å². The Balaban J connectivity index is 2.01. The van der Waals surface area contributed by atoms with Crippen LogP contribution in [0.1, 0.15) is 45.7 Å². The fraction of sp³-hybridized carbons (Fsp3) is 0.625. The minimum absolute atomic E-state index is 0.0300. The van der Waals surface area contributed by atoms with E-state index in [2.05, 4.69) is 19.2 Å². The van der Waals surface area contributed by atoms with Crippen LogP contribution < -0.4 is 5.32 Å². The second-order valence-corrected chi connectivity index (χ2v) is 6.19. The number of benzene rings is 1. The van der Waals surface area contributed by atoms with Crippen molar-refractivity contribution in [3.8, 4) is 11.5 Å². The number of phenols is 2. The summed E-state index contributed by atoms with van der Waals surface area (Å²) in [5.41, 5.74) is 0.898. The maximum Gasteiger partial charge on any atom is 0.124 e. The number of hydrogen-bond donors (Lipinski definition) is 3. The summed E-state index contributed by atoms with van der Waals surface area (Å²) in [6.07, 6.45) is 1.29. The topological polar surface area (TPSA) is 61.7 Å². The zero-order valence-electron chi connectivity index (χ0n) is 12.7. The molecule has 1 aromatic carbocycles. The average Bonchev–Trinajstić information content (AvgIpc) is 2.37. The van der Waals surface area contributed by atoms with Gasteiger partial charge in [0.05, 0.1) is 6.10 Å². The predicted molar refractivity (Wildman–Crippen MR) is 78.9 cm³/mol. The lowest BCUT2D eigenvalue weighted by atomic mass is 9.64. The van der Waals surface area contributed by atoms with Crippen LogP contribution in [0.4, 0.5) is 0 Å². The number of hydrogen-bond acceptors (Lipinski definition) is 4. The average molecular weight is 279 g/mol. The molecule has 1 aromatic rings. The molecule has 20 heavy (non-hydrogen) atoms. The van der Waals surface area contributed by atoms with E-state index in [1.807, 2.05) is 13.8 Å². The molecular formula is C16H25NO3. The quantitative estimate of drug-likeness (QED) is 0.775. The molecule has 4 nitrogen and oxygen atoms in total. The van der Waals surface area contributed by atoms with E-state index in [9.17, 15) is 10.2 Å². The summed E-state index contributed by atoms with van der Waals surface area (Å²) in [4.78, 5) is 0. The Hall–Kier alpha value is -1.26. The lowest BCUT2D eigenvalue weighted by Gasteiger charge is -2.52. The van der Waals surface area contributed by atoms with Crippen molar-refractivity contribution in [3.05, 3.63) is 23.8 Å². The van der Waals surface area contributed by atoms with Crippen molar-refractivity contribution in [1.82, 2.24) is 5.32 Å². The van der Waals surface area contributed by atoms with Gasteiger partial charge >= 0.3 is 0 Å². The van der Waals surface area contributed by atoms with Crippen LogP contribution in [0.5, 0.6) is 11.5 Å². The highest BCUT2D eigenvalue weighted by atomic mass is 16.5. The van der Waals surface area contributed by atoms with E-state index >= 15 is 0 Å². The molecule has 1 aliphatic carbocycles. The lowest BCUT2D eigenvalue weighted by Crippen LogP contribution is -2.61. The summed E-state index contributed by atoms with van der Waals surface area (Å²) in [6.45, 7) is 9.20. The van der Waals surface area contributed by atoms with Crippen molar-refractivity contribution >= 4 is 0 Å². The third-order valence-corrected chi connectivity index (χ3v) is 4.48. The van der Waals surface area contributed by atoms with Crippen molar-refractivity contribution in [2.75, 3.05) is 6.61 Å². The minimum Gasteiger partial charge on any atom is -0.508 e. The van der Waals surface area contributed by atoms with E-state index in [1.165, 1.54) is 6.07 Å². The van der Waals surface area contributed by atoms with E-state index in [0.29, 0.717) is 12.1 Å². The summed E-state index contributed by atoms with van der Waals surface area (Å²) in [5, 5.41) is 22.8. The van der Waals surface area contributed by atoms with Gasteiger partial charge in [0.1, 0.15) is 11.5 Å². The molecule has 0 radical (unpaired) electrons. The van der Waals surface area contributed by atoms with Gasteiger partial charge in [-0.25, -0.2) is 0 Å². The van der Waals surface area contributed by atoms with Gasteiger partial charge < -0.3 is 20.3 Å². The molecule has 2 rings (SSSR count). The van der Waals surface area contributed by atoms with E-state index < -0.39 is 0 Å². The van der Waals surface area contributed by atoms with Crippen LogP contribution in [0.15, 0.2) is 18.2 Å². The van der Waals surface area contributed by atoms with Gasteiger partial charge in [-0.1, -0.05) is 19.9 Å². The molecule has 1 aliphatic rings. The molecular weight excluding hydrogens is 254 g/mol. The van der Waals surface area contributed by atoms with Crippen molar-refractivity contribution < 1.29 is 14.9 Å². The van der Waals surface area contributed by atoms with Gasteiger partial charge in [0.15, 0.2) is 0 Å². The molecule has 0 amide bonds. The fourth-order valence-electron chi connectivity index (χ4n) is 2.94. The highest BCUT2D eigenvalue weighted by Crippen LogP contribution is 2.44. The number of rotatable bonds is 5. The first kappa shape index (κ1) is 15.1. The number of nitrogens with one attached hydrogen (secondary N) is 1. The first-order valence-electron chi connectivity index (χ1n) is 7.25. The van der Waals surface area contributed by atoms with Crippen molar-refractivity contribution in [3.63, 3.8) is 0 Å². The van der Waals surface area contributed by atoms with Gasteiger partial charge in [0.2, 0.25) is 0 Å². The van der Waals surface area contributed by atoms with Crippen LogP contribution >= 0.6 is 0 Å². The second-order valence-electron chi connectivity index (χ2n) is 6.19. The van der Waals surface area contributed by atoms with E-state index in [-0.39, 0.29) is 23.0 Å². The summed E-state index contributed by atoms with van der Waals surface area (Å²) >= 11 is 0. The standard InChI is InChI=1S/C16H25NO3/c1-5-20-15-9-14(16(15,3)4)17-10(2)12-7-6-11(18)8-13(12)19/h6-8,10,14-15,17-19H,5,9H2,1-4H3. The Morgan fingerprint density at radius 2 is 2.10 bits per heavy atom. The third kappa shape index (κ3) is 2.76. The van der Waals surface area contributed by atoms with Gasteiger partial charge in [-0.3, -0.25) is 0 Å². The van der Waals surface area contributed by atoms with Gasteiger partial charge in [0.25, 0.3) is 0 Å². The second kappa shape index (κ2) is 5.62. The summed E-state index contributed by atoms with van der Waals surface area (Å²) in [5.74, 6) is 0.210. The molecule has 3 atom stereocenters. The Kier molecular flexibility index (Phi) is 4.25. The molecule has 0 aliphatic heterocycles. The largest absolute Gasteiger partial charge is 0.508 e. The minimum atomic E-state index is 0.0300. The first-order chi connectivity index (χ1) is 9.36. The molecule has 3 unspecified atom stereocenters. The maximum atomic E-state index is 9.91. The van der Waals surface area contributed by atoms with Crippen LogP contribution in [-0.4, -0.2) is 29.0 Å². The zero-order chi connectivity index (χ0) is 14.9. The summed E-state index contributed by atoms with van der Waals surface area (Å²) in [6, 6.07) is 5.13. The molecule has 4 heteroatoms. The van der Waals surface area contributed by atoms with Crippen LogP contribution in [0.3, 0.4) is 0 Å². The molecule has 1 fully saturated rings. The predicted octanol–water partition coefficient (Wildman–Crippen LogP) is 2.95.